The van der Waals surface area contributed by atoms with Crippen molar-refractivity contribution < 1.29 is 24.2 Å². The maximum atomic E-state index is 13.1. The van der Waals surface area contributed by atoms with E-state index in [-0.39, 0.29) is 22.0 Å². The van der Waals surface area contributed by atoms with E-state index in [0.29, 0.717) is 0 Å². The fraction of sp³-hybridized carbons (Fsp3) is 0. The predicted octanol–water partition coefficient (Wildman–Crippen LogP) is 2.53. The molecule has 0 bridgehead atoms. The second-order valence-corrected chi connectivity index (χ2v) is 4.31. The third-order valence-corrected chi connectivity index (χ3v) is 2.87. The minimum absolute atomic E-state index is 0.139. The molecular formula is C13H8ClFN2O4. The number of halogens is 2. The number of aromatic nitrogens is 1. The Hall–Kier alpha value is -2.67. The highest BCUT2D eigenvalue weighted by Crippen LogP contribution is 2.28. The van der Waals surface area contributed by atoms with Crippen LogP contribution in [0, 0.1) is 5.82 Å². The highest BCUT2D eigenvalue weighted by atomic mass is 35.5. The highest BCUT2D eigenvalue weighted by molar-refractivity contribution is 6.33. The molecule has 0 saturated heterocycles. The van der Waals surface area contributed by atoms with Crippen molar-refractivity contribution >= 4 is 29.2 Å². The smallest absolute Gasteiger partial charge is 0.339 e. The molecule has 0 radical (unpaired) electrons. The van der Waals surface area contributed by atoms with Crippen molar-refractivity contribution in [2.75, 3.05) is 5.32 Å². The van der Waals surface area contributed by atoms with Crippen molar-refractivity contribution in [1.82, 2.24) is 4.98 Å². The van der Waals surface area contributed by atoms with Gasteiger partial charge >= 0.3 is 5.97 Å². The third-order valence-electron chi connectivity index (χ3n) is 2.56. The summed E-state index contributed by atoms with van der Waals surface area (Å²) < 4.78 is 13.1. The lowest BCUT2D eigenvalue weighted by molar-refractivity contribution is 0.0693. The molecule has 1 amide bonds. The van der Waals surface area contributed by atoms with Gasteiger partial charge in [0.1, 0.15) is 16.5 Å². The molecule has 6 nitrogen and oxygen atoms in total. The number of aromatic carboxylic acids is 1. The number of carbonyl (C=O) groups is 2. The zero-order valence-corrected chi connectivity index (χ0v) is 11.1. The molecule has 3 N–H and O–H groups in total. The van der Waals surface area contributed by atoms with Crippen molar-refractivity contribution in [3.05, 3.63) is 52.6 Å². The molecule has 0 atom stereocenters. The Balaban J connectivity index is 2.34. The molecule has 108 valence electrons. The molecular weight excluding hydrogens is 303 g/mol. The van der Waals surface area contributed by atoms with Crippen LogP contribution in [0.5, 0.6) is 5.75 Å². The molecule has 1 aromatic heterocycles. The zero-order chi connectivity index (χ0) is 15.6. The van der Waals surface area contributed by atoms with Gasteiger partial charge in [-0.3, -0.25) is 4.79 Å². The Bertz CT molecular complexity index is 736. The number of aromatic hydroxyl groups is 1. The van der Waals surface area contributed by atoms with Crippen LogP contribution in [-0.2, 0) is 0 Å². The number of amides is 1. The average Bonchev–Trinajstić information content (AvgIpc) is 2.43. The molecule has 21 heavy (non-hydrogen) atoms. The Morgan fingerprint density at radius 3 is 2.67 bits per heavy atom. The van der Waals surface area contributed by atoms with Gasteiger partial charge < -0.3 is 15.5 Å². The molecule has 0 aliphatic carbocycles. The van der Waals surface area contributed by atoms with Gasteiger partial charge in [-0.05, 0) is 18.2 Å². The number of nitrogens with one attached hydrogen (secondary N) is 1. The Morgan fingerprint density at radius 1 is 1.29 bits per heavy atom. The van der Waals surface area contributed by atoms with Gasteiger partial charge in [0.25, 0.3) is 5.91 Å². The molecule has 1 heterocycles. The van der Waals surface area contributed by atoms with Gasteiger partial charge in [-0.2, -0.15) is 0 Å². The lowest BCUT2D eigenvalue weighted by Gasteiger charge is -2.09. The van der Waals surface area contributed by atoms with Crippen molar-refractivity contribution in [3.63, 3.8) is 0 Å². The van der Waals surface area contributed by atoms with Crippen LogP contribution in [0.3, 0.4) is 0 Å². The molecule has 0 saturated carbocycles. The summed E-state index contributed by atoms with van der Waals surface area (Å²) >= 11 is 5.68. The first-order valence-corrected chi connectivity index (χ1v) is 5.95. The second-order valence-electron chi connectivity index (χ2n) is 3.95. The fourth-order valence-electron chi connectivity index (χ4n) is 1.59. The van der Waals surface area contributed by atoms with E-state index in [1.165, 1.54) is 18.2 Å². The number of carboxylic acids is 1. The summed E-state index contributed by atoms with van der Waals surface area (Å²) in [6.45, 7) is 0. The maximum absolute atomic E-state index is 13.1. The topological polar surface area (TPSA) is 99.5 Å². The molecule has 0 unspecified atom stereocenters. The van der Waals surface area contributed by atoms with Crippen LogP contribution in [0.1, 0.15) is 20.7 Å². The second kappa shape index (κ2) is 5.76. The van der Waals surface area contributed by atoms with Gasteiger partial charge in [-0.25, -0.2) is 14.2 Å². The number of carbonyl (C=O) groups excluding carboxylic acids is 1. The standard InChI is InChI=1S/C13H8ClFN2O4/c14-11-8(4-6(15)5-16-11)12(19)17-9-3-1-2-7(10(9)18)13(20)21/h1-5,18H,(H,17,19)(H,20,21). The number of hydrogen-bond donors (Lipinski definition) is 3. The monoisotopic (exact) mass is 310 g/mol. The van der Waals surface area contributed by atoms with Crippen LogP contribution in [-0.4, -0.2) is 27.1 Å². The van der Waals surface area contributed by atoms with Gasteiger partial charge in [-0.15, -0.1) is 0 Å². The molecule has 2 rings (SSSR count). The van der Waals surface area contributed by atoms with E-state index >= 15 is 0 Å². The van der Waals surface area contributed by atoms with Gasteiger partial charge in [0.15, 0.2) is 5.75 Å². The van der Waals surface area contributed by atoms with E-state index < -0.39 is 23.4 Å². The van der Waals surface area contributed by atoms with E-state index in [1.54, 1.807) is 0 Å². The van der Waals surface area contributed by atoms with Gasteiger partial charge in [0.2, 0.25) is 0 Å². The molecule has 0 spiro atoms. The number of pyridine rings is 1. The average molecular weight is 311 g/mol. The summed E-state index contributed by atoms with van der Waals surface area (Å²) in [5.74, 6) is -3.55. The van der Waals surface area contributed by atoms with Crippen LogP contribution in [0.25, 0.3) is 0 Å². The summed E-state index contributed by atoms with van der Waals surface area (Å²) in [4.78, 5) is 26.3. The SMILES string of the molecule is O=C(Nc1cccc(C(=O)O)c1O)c1cc(F)cnc1Cl. The number of rotatable bonds is 3. The zero-order valence-electron chi connectivity index (χ0n) is 10.3. The lowest BCUT2D eigenvalue weighted by Crippen LogP contribution is -2.14. The van der Waals surface area contributed by atoms with Crippen molar-refractivity contribution in [2.24, 2.45) is 0 Å². The number of para-hydroxylation sites is 1. The lowest BCUT2D eigenvalue weighted by atomic mass is 10.1. The number of carboxylic acid groups (broad SMARTS) is 1. The quantitative estimate of drug-likeness (QED) is 0.597. The number of hydrogen-bond acceptors (Lipinski definition) is 4. The van der Waals surface area contributed by atoms with E-state index in [0.717, 1.165) is 12.3 Å². The van der Waals surface area contributed by atoms with Crippen LogP contribution in [0.15, 0.2) is 30.5 Å². The number of anilines is 1. The predicted molar refractivity (Wildman–Crippen MR) is 72.2 cm³/mol. The number of nitrogens with zero attached hydrogens (tertiary/aromatic N) is 1. The first-order valence-electron chi connectivity index (χ1n) is 5.58. The first kappa shape index (κ1) is 14.7. The summed E-state index contributed by atoms with van der Waals surface area (Å²) in [5.41, 5.74) is -0.756. The summed E-state index contributed by atoms with van der Waals surface area (Å²) in [6.07, 6.45) is 0.849. The fourth-order valence-corrected chi connectivity index (χ4v) is 1.78. The van der Waals surface area contributed by atoms with E-state index in [1.807, 2.05) is 0 Å². The Morgan fingerprint density at radius 2 is 2.00 bits per heavy atom. The van der Waals surface area contributed by atoms with Crippen molar-refractivity contribution in [1.29, 1.82) is 0 Å². The Kier molecular flexibility index (Phi) is 4.04. The maximum Gasteiger partial charge on any atom is 0.339 e. The van der Waals surface area contributed by atoms with Crippen LogP contribution in [0.4, 0.5) is 10.1 Å². The molecule has 1 aromatic carbocycles. The molecule has 0 aliphatic rings. The molecule has 2 aromatic rings. The molecule has 8 heteroatoms. The molecule has 0 aliphatic heterocycles. The minimum atomic E-state index is -1.35. The Labute approximate surface area is 122 Å². The first-order chi connectivity index (χ1) is 9.90. The minimum Gasteiger partial charge on any atom is -0.505 e. The van der Waals surface area contributed by atoms with Gasteiger partial charge in [-0.1, -0.05) is 17.7 Å². The third kappa shape index (κ3) is 3.09. The van der Waals surface area contributed by atoms with Crippen molar-refractivity contribution in [2.45, 2.75) is 0 Å². The van der Waals surface area contributed by atoms with Gasteiger partial charge in [0, 0.05) is 0 Å². The summed E-state index contributed by atoms with van der Waals surface area (Å²) in [5, 5.41) is 20.7. The van der Waals surface area contributed by atoms with E-state index in [2.05, 4.69) is 10.3 Å². The highest BCUT2D eigenvalue weighted by Gasteiger charge is 2.17. The van der Waals surface area contributed by atoms with E-state index in [9.17, 15) is 19.1 Å². The summed E-state index contributed by atoms with van der Waals surface area (Å²) in [7, 11) is 0. The molecule has 0 fully saturated rings. The van der Waals surface area contributed by atoms with Gasteiger partial charge in [0.05, 0.1) is 17.4 Å². The summed E-state index contributed by atoms with van der Waals surface area (Å²) in [6, 6.07) is 4.68. The normalized spacial score (nSPS) is 10.2. The number of phenols is 1. The van der Waals surface area contributed by atoms with Crippen LogP contribution < -0.4 is 5.32 Å². The van der Waals surface area contributed by atoms with Crippen LogP contribution in [0.2, 0.25) is 5.15 Å². The number of benzene rings is 1. The largest absolute Gasteiger partial charge is 0.505 e. The van der Waals surface area contributed by atoms with Crippen molar-refractivity contribution in [3.8, 4) is 5.75 Å². The van der Waals surface area contributed by atoms with Crippen LogP contribution >= 0.6 is 11.6 Å². The van der Waals surface area contributed by atoms with E-state index in [4.69, 9.17) is 16.7 Å².